The van der Waals surface area contributed by atoms with Crippen LogP contribution < -0.4 is 0 Å². The van der Waals surface area contributed by atoms with E-state index < -0.39 is 5.82 Å². The molecule has 0 aliphatic carbocycles. The summed E-state index contributed by atoms with van der Waals surface area (Å²) < 4.78 is 13.1. The third-order valence-corrected chi connectivity index (χ3v) is 3.05. The molecule has 0 atom stereocenters. The maximum atomic E-state index is 13.1. The minimum Gasteiger partial charge on any atom is -0.505 e. The van der Waals surface area contributed by atoms with Gasteiger partial charge in [0.1, 0.15) is 0 Å². The molecule has 0 radical (unpaired) electrons. The zero-order chi connectivity index (χ0) is 12.5. The molecule has 0 bridgehead atoms. The van der Waals surface area contributed by atoms with Crippen molar-refractivity contribution in [3.8, 4) is 16.9 Å². The average Bonchev–Trinajstić information content (AvgIpc) is 2.41. The van der Waals surface area contributed by atoms with Crippen LogP contribution in [-0.2, 0) is 0 Å². The van der Waals surface area contributed by atoms with E-state index in [1.807, 2.05) is 42.5 Å². The van der Waals surface area contributed by atoms with Crippen molar-refractivity contribution in [3.05, 3.63) is 66.5 Å². The van der Waals surface area contributed by atoms with Crippen LogP contribution in [0.3, 0.4) is 0 Å². The lowest BCUT2D eigenvalue weighted by Crippen LogP contribution is -1.83. The number of halogens is 1. The molecule has 1 N–H and O–H groups in total. The predicted molar refractivity (Wildman–Crippen MR) is 71.0 cm³/mol. The number of fused-ring (bicyclic) bond motifs is 1. The zero-order valence-corrected chi connectivity index (χ0v) is 9.60. The highest BCUT2D eigenvalue weighted by molar-refractivity contribution is 5.96. The summed E-state index contributed by atoms with van der Waals surface area (Å²) in [5, 5.41) is 11.7. The summed E-state index contributed by atoms with van der Waals surface area (Å²) in [5.41, 5.74) is 1.80. The minimum absolute atomic E-state index is 0.319. The fraction of sp³-hybridized carbons (Fsp3) is 0. The quantitative estimate of drug-likeness (QED) is 0.668. The van der Waals surface area contributed by atoms with Crippen LogP contribution in [0.15, 0.2) is 60.7 Å². The molecule has 0 saturated heterocycles. The van der Waals surface area contributed by atoms with E-state index in [9.17, 15) is 9.50 Å². The maximum Gasteiger partial charge on any atom is 0.164 e. The molecule has 0 unspecified atom stereocenters. The lowest BCUT2D eigenvalue weighted by molar-refractivity contribution is 0.433. The van der Waals surface area contributed by atoms with Crippen LogP contribution in [0, 0.1) is 5.82 Å². The molecule has 0 aliphatic heterocycles. The van der Waals surface area contributed by atoms with Crippen molar-refractivity contribution >= 4 is 10.8 Å². The van der Waals surface area contributed by atoms with Gasteiger partial charge in [-0.25, -0.2) is 4.39 Å². The van der Waals surface area contributed by atoms with E-state index in [0.717, 1.165) is 21.9 Å². The van der Waals surface area contributed by atoms with E-state index in [-0.39, 0.29) is 5.75 Å². The second-order valence-corrected chi connectivity index (χ2v) is 4.19. The average molecular weight is 238 g/mol. The molecule has 3 aromatic carbocycles. The Kier molecular flexibility index (Phi) is 2.49. The van der Waals surface area contributed by atoms with Crippen molar-refractivity contribution < 1.29 is 9.50 Å². The van der Waals surface area contributed by atoms with Gasteiger partial charge in [0.15, 0.2) is 11.6 Å². The Morgan fingerprint density at radius 1 is 0.833 bits per heavy atom. The molecule has 88 valence electrons. The van der Waals surface area contributed by atoms with Gasteiger partial charge in [0.2, 0.25) is 0 Å². The van der Waals surface area contributed by atoms with E-state index in [0.29, 0.717) is 0 Å². The summed E-state index contributed by atoms with van der Waals surface area (Å²) in [7, 11) is 0. The van der Waals surface area contributed by atoms with E-state index in [2.05, 4.69) is 0 Å². The van der Waals surface area contributed by atoms with Gasteiger partial charge >= 0.3 is 0 Å². The van der Waals surface area contributed by atoms with Gasteiger partial charge in [-0.05, 0) is 34.0 Å². The van der Waals surface area contributed by atoms with Crippen molar-refractivity contribution in [2.24, 2.45) is 0 Å². The van der Waals surface area contributed by atoms with Gasteiger partial charge < -0.3 is 5.11 Å². The molecule has 0 spiro atoms. The molecular weight excluding hydrogens is 227 g/mol. The smallest absolute Gasteiger partial charge is 0.164 e. The first kappa shape index (κ1) is 10.8. The highest BCUT2D eigenvalue weighted by atomic mass is 19.1. The zero-order valence-electron chi connectivity index (χ0n) is 9.60. The third kappa shape index (κ3) is 1.72. The van der Waals surface area contributed by atoms with Crippen LogP contribution in [0.1, 0.15) is 0 Å². The first-order valence-electron chi connectivity index (χ1n) is 5.72. The predicted octanol–water partition coefficient (Wildman–Crippen LogP) is 4.35. The molecule has 1 nitrogen and oxygen atoms in total. The van der Waals surface area contributed by atoms with Gasteiger partial charge in [-0.15, -0.1) is 0 Å². The lowest BCUT2D eigenvalue weighted by atomic mass is 9.98. The van der Waals surface area contributed by atoms with Crippen molar-refractivity contribution in [1.82, 2.24) is 0 Å². The third-order valence-electron chi connectivity index (χ3n) is 3.05. The normalized spacial score (nSPS) is 10.7. The standard InChI is InChI=1S/C16H11FO/c17-15-9-8-12(10-16(15)18)14-7-3-5-11-4-1-2-6-13(11)14/h1-10,18H. The van der Waals surface area contributed by atoms with Crippen LogP contribution >= 0.6 is 0 Å². The molecule has 0 saturated carbocycles. The number of hydrogen-bond acceptors (Lipinski definition) is 1. The first-order valence-corrected chi connectivity index (χ1v) is 5.72. The van der Waals surface area contributed by atoms with Crippen LogP contribution in [-0.4, -0.2) is 5.11 Å². The van der Waals surface area contributed by atoms with Crippen LogP contribution in [0.5, 0.6) is 5.75 Å². The first-order chi connectivity index (χ1) is 8.75. The van der Waals surface area contributed by atoms with Gasteiger partial charge in [-0.2, -0.15) is 0 Å². The molecule has 0 amide bonds. The molecule has 2 heteroatoms. The van der Waals surface area contributed by atoms with Gasteiger partial charge in [0.25, 0.3) is 0 Å². The van der Waals surface area contributed by atoms with Crippen LogP contribution in [0.25, 0.3) is 21.9 Å². The Hall–Kier alpha value is -2.35. The van der Waals surface area contributed by atoms with E-state index in [1.165, 1.54) is 12.1 Å². The summed E-state index contributed by atoms with van der Waals surface area (Å²) in [6.07, 6.45) is 0. The van der Waals surface area contributed by atoms with Crippen molar-refractivity contribution in [3.63, 3.8) is 0 Å². The Balaban J connectivity index is 2.28. The SMILES string of the molecule is Oc1cc(-c2cccc3ccccc23)ccc1F. The van der Waals surface area contributed by atoms with Crippen LogP contribution in [0.2, 0.25) is 0 Å². The number of rotatable bonds is 1. The van der Waals surface area contributed by atoms with E-state index in [4.69, 9.17) is 0 Å². The van der Waals surface area contributed by atoms with Crippen molar-refractivity contribution in [2.45, 2.75) is 0 Å². The number of phenolic OH excluding ortho intramolecular Hbond substituents is 1. The van der Waals surface area contributed by atoms with E-state index >= 15 is 0 Å². The summed E-state index contributed by atoms with van der Waals surface area (Å²) in [6.45, 7) is 0. The summed E-state index contributed by atoms with van der Waals surface area (Å²) >= 11 is 0. The lowest BCUT2D eigenvalue weighted by Gasteiger charge is -2.07. The number of hydrogen-bond donors (Lipinski definition) is 1. The van der Waals surface area contributed by atoms with Gasteiger partial charge in [0.05, 0.1) is 0 Å². The minimum atomic E-state index is -0.598. The Morgan fingerprint density at radius 2 is 1.61 bits per heavy atom. The molecule has 0 fully saturated rings. The molecule has 0 aromatic heterocycles. The molecule has 0 aliphatic rings. The van der Waals surface area contributed by atoms with Gasteiger partial charge in [-0.1, -0.05) is 48.5 Å². The fourth-order valence-electron chi connectivity index (χ4n) is 2.16. The monoisotopic (exact) mass is 238 g/mol. The molecule has 18 heavy (non-hydrogen) atoms. The molecule has 3 rings (SSSR count). The number of phenols is 1. The second kappa shape index (κ2) is 4.15. The summed E-state index contributed by atoms with van der Waals surface area (Å²) in [6, 6.07) is 18.4. The summed E-state index contributed by atoms with van der Waals surface area (Å²) in [4.78, 5) is 0. The van der Waals surface area contributed by atoms with Crippen LogP contribution in [0.4, 0.5) is 4.39 Å². The molecule has 3 aromatic rings. The molecular formula is C16H11FO. The van der Waals surface area contributed by atoms with E-state index in [1.54, 1.807) is 6.07 Å². The molecule has 0 heterocycles. The Labute approximate surface area is 104 Å². The second-order valence-electron chi connectivity index (χ2n) is 4.19. The number of aromatic hydroxyl groups is 1. The fourth-order valence-corrected chi connectivity index (χ4v) is 2.16. The van der Waals surface area contributed by atoms with Gasteiger partial charge in [-0.3, -0.25) is 0 Å². The largest absolute Gasteiger partial charge is 0.505 e. The highest BCUT2D eigenvalue weighted by Gasteiger charge is 2.06. The highest BCUT2D eigenvalue weighted by Crippen LogP contribution is 2.31. The Bertz CT molecular complexity index is 714. The summed E-state index contributed by atoms with van der Waals surface area (Å²) in [5.74, 6) is -0.917. The van der Waals surface area contributed by atoms with Crippen molar-refractivity contribution in [2.75, 3.05) is 0 Å². The maximum absolute atomic E-state index is 13.1. The van der Waals surface area contributed by atoms with Gasteiger partial charge in [0, 0.05) is 0 Å². The topological polar surface area (TPSA) is 20.2 Å². The number of benzene rings is 3. The Morgan fingerprint density at radius 3 is 2.44 bits per heavy atom. The van der Waals surface area contributed by atoms with Crippen molar-refractivity contribution in [1.29, 1.82) is 0 Å².